The van der Waals surface area contributed by atoms with Crippen LogP contribution in [0.5, 0.6) is 0 Å². The summed E-state index contributed by atoms with van der Waals surface area (Å²) in [5.74, 6) is -0.139. The number of para-hydroxylation sites is 1. The number of benzene rings is 2. The molecule has 2 aromatic carbocycles. The van der Waals surface area contributed by atoms with Crippen molar-refractivity contribution in [2.45, 2.75) is 65.0 Å². The number of ether oxygens (including phenoxy) is 1. The Hall–Kier alpha value is -2.97. The van der Waals surface area contributed by atoms with Gasteiger partial charge in [-0.1, -0.05) is 55.2 Å². The Morgan fingerprint density at radius 1 is 0.947 bits per heavy atom. The number of rotatable bonds is 6. The van der Waals surface area contributed by atoms with Gasteiger partial charge in [-0.05, 0) is 75.3 Å². The number of alkyl carbamates (subject to hydrolysis) is 1. The van der Waals surface area contributed by atoms with Crippen LogP contribution in [0.1, 0.15) is 58.9 Å². The van der Waals surface area contributed by atoms with Gasteiger partial charge in [-0.25, -0.2) is 9.59 Å². The number of carbonyl (C=O) groups excluding carboxylic acids is 3. The van der Waals surface area contributed by atoms with Gasteiger partial charge in [0.2, 0.25) is 5.91 Å². The molecule has 1 aliphatic rings. The maximum Gasteiger partial charge on any atom is 0.408 e. The largest absolute Gasteiger partial charge is 0.444 e. The van der Waals surface area contributed by atoms with Crippen LogP contribution in [-0.4, -0.2) is 47.7 Å². The van der Waals surface area contributed by atoms with Crippen molar-refractivity contribution in [1.29, 1.82) is 0 Å². The number of nitrogens with one attached hydrogen (secondary N) is 3. The number of hydrogen-bond acceptors (Lipinski definition) is 4. The van der Waals surface area contributed by atoms with E-state index in [1.54, 1.807) is 43.9 Å². The molecular weight excluding hydrogens is 527 g/mol. The molecule has 3 N–H and O–H groups in total. The first-order chi connectivity index (χ1) is 17.8. The van der Waals surface area contributed by atoms with Crippen molar-refractivity contribution in [2.24, 2.45) is 5.92 Å². The highest BCUT2D eigenvalue weighted by atomic mass is 35.5. The lowest BCUT2D eigenvalue weighted by atomic mass is 9.89. The van der Waals surface area contributed by atoms with Crippen LogP contribution < -0.4 is 16.0 Å². The van der Waals surface area contributed by atoms with Crippen molar-refractivity contribution < 1.29 is 19.1 Å². The zero-order chi connectivity index (χ0) is 28.0. The molecule has 206 valence electrons. The molecule has 10 heteroatoms. The second-order valence-corrected chi connectivity index (χ2v) is 11.6. The molecule has 1 heterocycles. The highest BCUT2D eigenvalue weighted by Gasteiger charge is 2.28. The van der Waals surface area contributed by atoms with Crippen LogP contribution in [0.15, 0.2) is 42.5 Å². The first kappa shape index (κ1) is 29.6. The summed E-state index contributed by atoms with van der Waals surface area (Å²) < 4.78 is 5.29. The summed E-state index contributed by atoms with van der Waals surface area (Å²) in [6, 6.07) is 11.8. The molecule has 38 heavy (non-hydrogen) atoms. The summed E-state index contributed by atoms with van der Waals surface area (Å²) in [7, 11) is 0. The van der Waals surface area contributed by atoms with Crippen molar-refractivity contribution in [2.75, 3.05) is 23.7 Å². The zero-order valence-electron chi connectivity index (χ0n) is 22.4. The average molecular weight is 564 g/mol. The standard InChI is InChI=1S/C28H36Cl2N4O4/c1-17(2)23(33-27(37)38-28(3,4)5)25(35)31-20-11-9-18(10-12-20)19-13-15-34(16-14-19)26(36)32-24-21(29)7-6-8-22(24)30/h6-12,17,19,23H,13-16H2,1-5H3,(H,31,35)(H,32,36)(H,33,37). The Bertz CT molecular complexity index is 1120. The topological polar surface area (TPSA) is 99.8 Å². The van der Waals surface area contributed by atoms with Crippen molar-refractivity contribution >= 4 is 52.6 Å². The van der Waals surface area contributed by atoms with Crippen LogP contribution >= 0.6 is 23.2 Å². The number of piperidine rings is 1. The summed E-state index contributed by atoms with van der Waals surface area (Å²) in [4.78, 5) is 39.5. The molecule has 1 aliphatic heterocycles. The van der Waals surface area contributed by atoms with E-state index in [1.807, 2.05) is 38.1 Å². The molecule has 2 aromatic rings. The predicted octanol–water partition coefficient (Wildman–Crippen LogP) is 6.89. The SMILES string of the molecule is CC(C)C(NC(=O)OC(C)(C)C)C(=O)Nc1ccc(C2CCN(C(=O)Nc3c(Cl)cccc3Cl)CC2)cc1. The number of nitrogens with zero attached hydrogens (tertiary/aromatic N) is 1. The van der Waals surface area contributed by atoms with E-state index in [0.717, 1.165) is 18.4 Å². The summed E-state index contributed by atoms with van der Waals surface area (Å²) in [5, 5.41) is 9.16. The lowest BCUT2D eigenvalue weighted by Crippen LogP contribution is -2.48. The molecule has 0 saturated carbocycles. The van der Waals surface area contributed by atoms with Crippen molar-refractivity contribution in [1.82, 2.24) is 10.2 Å². The molecule has 0 radical (unpaired) electrons. The summed E-state index contributed by atoms with van der Waals surface area (Å²) in [6.45, 7) is 10.2. The zero-order valence-corrected chi connectivity index (χ0v) is 23.9. The Balaban J connectivity index is 1.53. The van der Waals surface area contributed by atoms with Gasteiger partial charge in [0, 0.05) is 18.8 Å². The van der Waals surface area contributed by atoms with Gasteiger partial charge in [-0.15, -0.1) is 0 Å². The van der Waals surface area contributed by atoms with Crippen LogP contribution in [0.3, 0.4) is 0 Å². The van der Waals surface area contributed by atoms with E-state index in [1.165, 1.54) is 0 Å². The second-order valence-electron chi connectivity index (χ2n) is 10.8. The van der Waals surface area contributed by atoms with Gasteiger partial charge in [-0.2, -0.15) is 0 Å². The van der Waals surface area contributed by atoms with Gasteiger partial charge >= 0.3 is 12.1 Å². The first-order valence-electron chi connectivity index (χ1n) is 12.7. The molecular formula is C28H36Cl2N4O4. The first-order valence-corrected chi connectivity index (χ1v) is 13.5. The molecule has 1 saturated heterocycles. The molecule has 3 rings (SSSR count). The van der Waals surface area contributed by atoms with E-state index in [2.05, 4.69) is 16.0 Å². The summed E-state index contributed by atoms with van der Waals surface area (Å²) in [5.41, 5.74) is 1.55. The maximum atomic E-state index is 12.9. The highest BCUT2D eigenvalue weighted by molar-refractivity contribution is 6.39. The Labute approximate surface area is 234 Å². The van der Waals surface area contributed by atoms with Gasteiger partial charge in [0.1, 0.15) is 11.6 Å². The van der Waals surface area contributed by atoms with Gasteiger partial charge in [0.15, 0.2) is 0 Å². The van der Waals surface area contributed by atoms with Crippen molar-refractivity contribution in [3.05, 3.63) is 58.1 Å². The molecule has 0 aliphatic carbocycles. The summed E-state index contributed by atoms with van der Waals surface area (Å²) >= 11 is 12.3. The minimum atomic E-state index is -0.736. The molecule has 0 aromatic heterocycles. The number of likely N-dealkylation sites (tertiary alicyclic amines) is 1. The van der Waals surface area contributed by atoms with Crippen LogP contribution in [0.4, 0.5) is 21.0 Å². The van der Waals surface area contributed by atoms with E-state index >= 15 is 0 Å². The number of anilines is 2. The van der Waals surface area contributed by atoms with E-state index in [0.29, 0.717) is 40.4 Å². The number of carbonyl (C=O) groups is 3. The minimum absolute atomic E-state index is 0.127. The molecule has 0 spiro atoms. The van der Waals surface area contributed by atoms with Crippen molar-refractivity contribution in [3.63, 3.8) is 0 Å². The monoisotopic (exact) mass is 562 g/mol. The van der Waals surface area contributed by atoms with Crippen LogP contribution in [0.25, 0.3) is 0 Å². The van der Waals surface area contributed by atoms with Gasteiger partial charge in [-0.3, -0.25) is 4.79 Å². The van der Waals surface area contributed by atoms with Gasteiger partial charge in [0.25, 0.3) is 0 Å². The van der Waals surface area contributed by atoms with E-state index in [-0.39, 0.29) is 17.9 Å². The molecule has 1 atom stereocenters. The van der Waals surface area contributed by atoms with E-state index < -0.39 is 17.7 Å². The van der Waals surface area contributed by atoms with Crippen molar-refractivity contribution in [3.8, 4) is 0 Å². The molecule has 0 bridgehead atoms. The summed E-state index contributed by atoms with van der Waals surface area (Å²) in [6.07, 6.45) is 0.992. The third kappa shape index (κ3) is 8.27. The number of halogens is 2. The fourth-order valence-corrected chi connectivity index (χ4v) is 4.74. The number of urea groups is 1. The van der Waals surface area contributed by atoms with E-state index in [9.17, 15) is 14.4 Å². The highest BCUT2D eigenvalue weighted by Crippen LogP contribution is 2.32. The Kier molecular flexibility index (Phi) is 9.90. The van der Waals surface area contributed by atoms with Gasteiger partial charge in [0.05, 0.1) is 15.7 Å². The third-order valence-corrected chi connectivity index (χ3v) is 6.88. The second kappa shape index (κ2) is 12.7. The maximum absolute atomic E-state index is 12.9. The molecule has 1 unspecified atom stereocenters. The quantitative estimate of drug-likeness (QED) is 0.356. The average Bonchev–Trinajstić information content (AvgIpc) is 2.84. The van der Waals surface area contributed by atoms with E-state index in [4.69, 9.17) is 27.9 Å². The smallest absolute Gasteiger partial charge is 0.408 e. The fourth-order valence-electron chi connectivity index (χ4n) is 4.25. The fraction of sp³-hybridized carbons (Fsp3) is 0.464. The molecule has 1 fully saturated rings. The number of amides is 4. The van der Waals surface area contributed by atoms with Gasteiger partial charge < -0.3 is 25.6 Å². The van der Waals surface area contributed by atoms with Crippen LogP contribution in [-0.2, 0) is 9.53 Å². The number of hydrogen-bond donors (Lipinski definition) is 3. The predicted molar refractivity (Wildman–Crippen MR) is 152 cm³/mol. The lowest BCUT2D eigenvalue weighted by Gasteiger charge is -2.32. The van der Waals surface area contributed by atoms with Crippen LogP contribution in [0.2, 0.25) is 10.0 Å². The Morgan fingerprint density at radius 3 is 2.05 bits per heavy atom. The Morgan fingerprint density at radius 2 is 1.53 bits per heavy atom. The lowest BCUT2D eigenvalue weighted by molar-refractivity contribution is -0.119. The molecule has 8 nitrogen and oxygen atoms in total. The normalized spacial score (nSPS) is 15.1. The van der Waals surface area contributed by atoms with Crippen LogP contribution in [0, 0.1) is 5.92 Å². The molecule has 4 amide bonds. The minimum Gasteiger partial charge on any atom is -0.444 e. The third-order valence-electron chi connectivity index (χ3n) is 6.25.